The molecule has 11 heteroatoms. The van der Waals surface area contributed by atoms with Crippen LogP contribution in [0.5, 0.6) is 0 Å². The number of alkyl halides is 3. The molecule has 178 valence electrons. The zero-order valence-corrected chi connectivity index (χ0v) is 20.6. The van der Waals surface area contributed by atoms with Crippen molar-refractivity contribution in [2.24, 2.45) is 5.92 Å². The Hall–Kier alpha value is -1.78. The van der Waals surface area contributed by atoms with Crippen molar-refractivity contribution >= 4 is 50.2 Å². The Morgan fingerprint density at radius 3 is 2.00 bits per heavy atom. The van der Waals surface area contributed by atoms with Gasteiger partial charge < -0.3 is 5.11 Å². The lowest BCUT2D eigenvalue weighted by molar-refractivity contribution is -0.248. The molecule has 0 aliphatic carbocycles. The Morgan fingerprint density at radius 2 is 1.55 bits per heavy atom. The van der Waals surface area contributed by atoms with Crippen molar-refractivity contribution in [1.29, 1.82) is 0 Å². The van der Waals surface area contributed by atoms with E-state index in [2.05, 4.69) is 0 Å². The van der Waals surface area contributed by atoms with Crippen molar-refractivity contribution in [3.05, 3.63) is 80.5 Å². The molecule has 0 spiro atoms. The molecule has 0 amide bonds. The van der Waals surface area contributed by atoms with Gasteiger partial charge in [-0.3, -0.25) is 4.31 Å². The molecular weight excluding hydrogens is 518 g/mol. The molecule has 3 rings (SSSR count). The van der Waals surface area contributed by atoms with E-state index in [4.69, 9.17) is 23.2 Å². The van der Waals surface area contributed by atoms with E-state index in [1.165, 1.54) is 42.5 Å². The number of hydrogen-bond donors (Lipinski definition) is 1. The fourth-order valence-corrected chi connectivity index (χ4v) is 7.08. The second kappa shape index (κ2) is 9.46. The summed E-state index contributed by atoms with van der Waals surface area (Å²) in [7, 11) is -4.15. The molecule has 1 atom stereocenters. The van der Waals surface area contributed by atoms with Gasteiger partial charge in [-0.2, -0.15) is 13.2 Å². The quantitative estimate of drug-likeness (QED) is 0.364. The maximum atomic E-state index is 14.0. The largest absolute Gasteiger partial charge is 0.425 e. The summed E-state index contributed by atoms with van der Waals surface area (Å²) in [6.07, 6.45) is -5.01. The first-order chi connectivity index (χ1) is 15.3. The molecule has 0 saturated carbocycles. The molecule has 4 nitrogen and oxygen atoms in total. The average molecular weight is 538 g/mol. The molecule has 0 fully saturated rings. The fourth-order valence-electron chi connectivity index (χ4n) is 3.34. The van der Waals surface area contributed by atoms with Crippen molar-refractivity contribution in [2.45, 2.75) is 30.5 Å². The van der Waals surface area contributed by atoms with Crippen LogP contribution in [0.25, 0.3) is 0 Å². The fraction of sp³-hybridized carbons (Fsp3) is 0.273. The lowest BCUT2D eigenvalue weighted by atomic mass is 9.85. The van der Waals surface area contributed by atoms with Crippen LogP contribution in [0.15, 0.2) is 65.6 Å². The van der Waals surface area contributed by atoms with Crippen LogP contribution in [0.3, 0.4) is 0 Å². The second-order valence-corrected chi connectivity index (χ2v) is 11.9. The maximum Gasteiger partial charge on any atom is 0.425 e. The molecule has 0 bridgehead atoms. The molecule has 3 aromatic rings. The number of hydrogen-bond acceptors (Lipinski definition) is 4. The van der Waals surface area contributed by atoms with Gasteiger partial charge in [-0.05, 0) is 35.2 Å². The number of halogens is 5. The second-order valence-electron chi connectivity index (χ2n) is 7.74. The lowest BCUT2D eigenvalue weighted by Gasteiger charge is -2.32. The number of anilines is 1. The summed E-state index contributed by atoms with van der Waals surface area (Å²) >= 11 is 12.9. The van der Waals surface area contributed by atoms with Crippen LogP contribution in [0.4, 0.5) is 18.9 Å². The third-order valence-corrected chi connectivity index (χ3v) is 8.45. The van der Waals surface area contributed by atoms with Gasteiger partial charge in [-0.1, -0.05) is 79.5 Å². The van der Waals surface area contributed by atoms with Crippen molar-refractivity contribution in [2.75, 3.05) is 10.8 Å². The van der Waals surface area contributed by atoms with Crippen LogP contribution >= 0.6 is 34.5 Å². The predicted molar refractivity (Wildman–Crippen MR) is 126 cm³/mol. The summed E-state index contributed by atoms with van der Waals surface area (Å²) in [5, 5.41) is 10.8. The van der Waals surface area contributed by atoms with Gasteiger partial charge in [-0.15, -0.1) is 11.3 Å². The van der Waals surface area contributed by atoms with Gasteiger partial charge in [0.1, 0.15) is 9.23 Å². The molecule has 1 N–H and O–H groups in total. The Labute approximate surface area is 204 Å². The summed E-state index contributed by atoms with van der Waals surface area (Å²) in [4.78, 5) is -0.181. The average Bonchev–Trinajstić information content (AvgIpc) is 3.10. The van der Waals surface area contributed by atoms with Gasteiger partial charge in [0.2, 0.25) is 5.60 Å². The Bertz CT molecular complexity index is 1210. The van der Waals surface area contributed by atoms with E-state index in [9.17, 15) is 26.7 Å². The monoisotopic (exact) mass is 537 g/mol. The van der Waals surface area contributed by atoms with E-state index < -0.39 is 27.4 Å². The molecule has 0 aliphatic heterocycles. The number of aliphatic hydroxyl groups is 1. The van der Waals surface area contributed by atoms with Gasteiger partial charge in [-0.25, -0.2) is 8.42 Å². The maximum absolute atomic E-state index is 14.0. The van der Waals surface area contributed by atoms with E-state index in [0.717, 1.165) is 27.8 Å². The number of thiophene rings is 1. The summed E-state index contributed by atoms with van der Waals surface area (Å²) < 4.78 is 69.8. The highest BCUT2D eigenvalue weighted by atomic mass is 35.5. The van der Waals surface area contributed by atoms with Crippen LogP contribution in [0.2, 0.25) is 8.67 Å². The summed E-state index contributed by atoms with van der Waals surface area (Å²) in [5.41, 5.74) is -3.93. The first kappa shape index (κ1) is 25.8. The third kappa shape index (κ3) is 5.02. The van der Waals surface area contributed by atoms with E-state index in [1.54, 1.807) is 19.9 Å². The Kier molecular flexibility index (Phi) is 7.41. The minimum absolute atomic E-state index is 0.0131. The Morgan fingerprint density at radius 1 is 1.00 bits per heavy atom. The highest BCUT2D eigenvalue weighted by Crippen LogP contribution is 2.45. The summed E-state index contributed by atoms with van der Waals surface area (Å²) in [6.45, 7) is 3.65. The molecule has 0 aliphatic rings. The van der Waals surface area contributed by atoms with Crippen LogP contribution < -0.4 is 4.31 Å². The highest BCUT2D eigenvalue weighted by Gasteiger charge is 2.56. The molecule has 1 heterocycles. The number of sulfonamides is 1. The summed E-state index contributed by atoms with van der Waals surface area (Å²) in [6, 6.07) is 12.5. The molecule has 1 aromatic heterocycles. The number of benzene rings is 2. The summed E-state index contributed by atoms with van der Waals surface area (Å²) in [5.74, 6) is -0.108. The van der Waals surface area contributed by atoms with E-state index in [1.807, 2.05) is 0 Å². The zero-order chi connectivity index (χ0) is 24.6. The van der Waals surface area contributed by atoms with Crippen LogP contribution in [-0.4, -0.2) is 26.2 Å². The van der Waals surface area contributed by atoms with Crippen LogP contribution in [0.1, 0.15) is 25.0 Å². The van der Waals surface area contributed by atoms with E-state index >= 15 is 0 Å². The molecule has 1 unspecified atom stereocenters. The van der Waals surface area contributed by atoms with Gasteiger partial charge in [0.25, 0.3) is 10.0 Å². The van der Waals surface area contributed by atoms with Crippen molar-refractivity contribution in [3.8, 4) is 0 Å². The number of rotatable bonds is 7. The van der Waals surface area contributed by atoms with Crippen LogP contribution in [-0.2, 0) is 15.6 Å². The van der Waals surface area contributed by atoms with Gasteiger partial charge in [0.05, 0.1) is 10.0 Å². The normalized spacial score (nSPS) is 14.3. The third-order valence-electron chi connectivity index (χ3n) is 4.90. The minimum atomic E-state index is -5.01. The Balaban J connectivity index is 2.10. The molecule has 0 radical (unpaired) electrons. The van der Waals surface area contributed by atoms with Crippen molar-refractivity contribution in [3.63, 3.8) is 0 Å². The van der Waals surface area contributed by atoms with Gasteiger partial charge in [0.15, 0.2) is 0 Å². The topological polar surface area (TPSA) is 57.6 Å². The smallest absolute Gasteiger partial charge is 0.372 e. The molecule has 0 saturated heterocycles. The first-order valence-electron chi connectivity index (χ1n) is 9.71. The van der Waals surface area contributed by atoms with Crippen LogP contribution in [0, 0.1) is 5.92 Å². The molecular formula is C22H20Cl2F3NO3S2. The predicted octanol–water partition coefficient (Wildman–Crippen LogP) is 6.70. The SMILES string of the molecule is CC(C)CN(c1ccc(C(O)(c2ccccc2)C(F)(F)F)cc1)S(=O)(=O)c1cc(Cl)sc1Cl. The van der Waals surface area contributed by atoms with E-state index in [0.29, 0.717) is 0 Å². The van der Waals surface area contributed by atoms with Gasteiger partial charge >= 0.3 is 6.18 Å². The van der Waals surface area contributed by atoms with E-state index in [-0.39, 0.29) is 37.3 Å². The molecule has 2 aromatic carbocycles. The first-order valence-corrected chi connectivity index (χ1v) is 12.7. The molecule has 33 heavy (non-hydrogen) atoms. The number of nitrogens with zero attached hydrogens (tertiary/aromatic N) is 1. The van der Waals surface area contributed by atoms with Gasteiger partial charge in [0, 0.05) is 6.54 Å². The minimum Gasteiger partial charge on any atom is -0.372 e. The standard InChI is InChI=1S/C22H20Cl2F3NO3S2/c1-14(2)13-28(33(30,31)18-12-19(23)32-20(18)24)17-10-8-16(9-11-17)21(29,22(25,26)27)15-6-4-3-5-7-15/h3-12,14,29H,13H2,1-2H3. The van der Waals surface area contributed by atoms with Crippen molar-refractivity contribution < 1.29 is 26.7 Å². The highest BCUT2D eigenvalue weighted by molar-refractivity contribution is 7.93. The zero-order valence-electron chi connectivity index (χ0n) is 17.5. The van der Waals surface area contributed by atoms with Crippen molar-refractivity contribution in [1.82, 2.24) is 0 Å². The lowest BCUT2D eigenvalue weighted by Crippen LogP contribution is -2.43.